The lowest BCUT2D eigenvalue weighted by Crippen LogP contribution is -2.04. The molecule has 0 aromatic heterocycles. The van der Waals surface area contributed by atoms with Gasteiger partial charge in [-0.25, -0.2) is 0 Å². The van der Waals surface area contributed by atoms with E-state index in [0.717, 1.165) is 0 Å². The molecule has 0 amide bonds. The van der Waals surface area contributed by atoms with Gasteiger partial charge in [-0.2, -0.15) is 0 Å². The second-order valence-corrected chi connectivity index (χ2v) is 2.09. The molecule has 4 heteroatoms. The van der Waals surface area contributed by atoms with E-state index >= 15 is 0 Å². The fraction of sp³-hybridized carbons (Fsp3) is 0.333. The predicted molar refractivity (Wildman–Crippen MR) is 37.4 cm³/mol. The molecule has 0 spiro atoms. The van der Waals surface area contributed by atoms with Gasteiger partial charge in [0.05, 0.1) is 3.70 Å². The molecule has 2 N–H and O–H groups in total. The van der Waals surface area contributed by atoms with Gasteiger partial charge in [0.25, 0.3) is 0 Å². The van der Waals surface area contributed by atoms with Gasteiger partial charge >= 0.3 is 0 Å². The highest BCUT2D eigenvalue weighted by Crippen LogP contribution is 2.05. The Labute approximate surface area is 55.9 Å². The zero-order chi connectivity index (χ0) is 5.86. The fourth-order valence-electron chi connectivity index (χ4n) is 0.105. The van der Waals surface area contributed by atoms with E-state index in [9.17, 15) is 5.21 Å². The van der Waals surface area contributed by atoms with E-state index < -0.39 is 0 Å². The summed E-state index contributed by atoms with van der Waals surface area (Å²) in [5.74, 6) is 0. The van der Waals surface area contributed by atoms with Gasteiger partial charge in [-0.05, 0) is 29.6 Å². The van der Waals surface area contributed by atoms with E-state index in [4.69, 9.17) is 5.73 Å². The number of hydrogen-bond acceptors (Lipinski definition) is 3. The summed E-state index contributed by atoms with van der Waals surface area (Å²) in [6.07, 6.45) is 1.26. The third-order valence-electron chi connectivity index (χ3n) is 0.438. The van der Waals surface area contributed by atoms with Crippen LogP contribution in [-0.2, 0) is 0 Å². The zero-order valence-electron chi connectivity index (χ0n) is 3.89. The van der Waals surface area contributed by atoms with E-state index in [2.05, 4.69) is 0 Å². The molecule has 0 radical (unpaired) electrons. The van der Waals surface area contributed by atoms with Crippen molar-refractivity contribution in [3.05, 3.63) is 15.1 Å². The Balaban J connectivity index is 3.56. The number of nitrogens with two attached hydrogens (primary N) is 1. The Morgan fingerprint density at radius 1 is 2.00 bits per heavy atom. The molecule has 3 nitrogen and oxygen atoms in total. The molecule has 0 atom stereocenters. The minimum absolute atomic E-state index is 0.498. The highest BCUT2D eigenvalue weighted by atomic mass is 127. The first kappa shape index (κ1) is 7.03. The van der Waals surface area contributed by atoms with E-state index in [-0.39, 0.29) is 0 Å². The van der Waals surface area contributed by atoms with Crippen molar-refractivity contribution < 1.29 is 0 Å². The first-order valence-corrected chi connectivity index (χ1v) is 2.74. The van der Waals surface area contributed by atoms with Gasteiger partial charge in [0.15, 0.2) is 0 Å². The minimum atomic E-state index is 0.498. The third kappa shape index (κ3) is 2.69. The molecular formula is C3H6IN2O-. The Kier molecular flexibility index (Phi) is 3.10. The summed E-state index contributed by atoms with van der Waals surface area (Å²) in [7, 11) is 1.39. The summed E-state index contributed by atoms with van der Waals surface area (Å²) in [5.41, 5.74) is 4.96. The molecule has 0 aliphatic heterocycles. The molecule has 0 aliphatic carbocycles. The van der Waals surface area contributed by atoms with Crippen LogP contribution >= 0.6 is 22.6 Å². The highest BCUT2D eigenvalue weighted by molar-refractivity contribution is 14.1. The van der Waals surface area contributed by atoms with Crippen LogP contribution < -0.4 is 5.73 Å². The number of hydrogen-bond donors (Lipinski definition) is 1. The molecule has 0 rings (SSSR count). The lowest BCUT2D eigenvalue weighted by atomic mass is 10.9. The summed E-state index contributed by atoms with van der Waals surface area (Å²) in [6.45, 7) is 0. The average Bonchev–Trinajstić information content (AvgIpc) is 1.65. The van der Waals surface area contributed by atoms with Crippen molar-refractivity contribution in [3.63, 3.8) is 0 Å². The van der Waals surface area contributed by atoms with Gasteiger partial charge in [-0.1, -0.05) is 0 Å². The van der Waals surface area contributed by atoms with Crippen molar-refractivity contribution in [3.8, 4) is 0 Å². The molecule has 0 saturated carbocycles. The first-order chi connectivity index (χ1) is 3.18. The van der Waals surface area contributed by atoms with Gasteiger partial charge < -0.3 is 16.0 Å². The number of hydroxylamine groups is 2. The zero-order valence-corrected chi connectivity index (χ0v) is 6.05. The van der Waals surface area contributed by atoms with Crippen LogP contribution in [0.3, 0.4) is 0 Å². The maximum atomic E-state index is 10.1. The second-order valence-electron chi connectivity index (χ2n) is 0.987. The third-order valence-corrected chi connectivity index (χ3v) is 1.48. The Hall–Kier alpha value is 0.0300. The van der Waals surface area contributed by atoms with Crippen molar-refractivity contribution in [1.29, 1.82) is 0 Å². The van der Waals surface area contributed by atoms with E-state index in [1.165, 1.54) is 13.2 Å². The first-order valence-electron chi connectivity index (χ1n) is 1.66. The number of halogens is 1. The fourth-order valence-corrected chi connectivity index (χ4v) is 0.105. The molecule has 0 saturated heterocycles. The van der Waals surface area contributed by atoms with Crippen molar-refractivity contribution in [2.24, 2.45) is 5.73 Å². The van der Waals surface area contributed by atoms with E-state index in [1.54, 1.807) is 0 Å². The van der Waals surface area contributed by atoms with Gasteiger partial charge in [0.2, 0.25) is 0 Å². The summed E-state index contributed by atoms with van der Waals surface area (Å²) in [5, 5.41) is 10.8. The lowest BCUT2D eigenvalue weighted by Gasteiger charge is -2.22. The van der Waals surface area contributed by atoms with Crippen LogP contribution in [0, 0.1) is 5.21 Å². The Bertz CT molecular complexity index is 81.0. The van der Waals surface area contributed by atoms with Gasteiger partial charge in [0.1, 0.15) is 0 Å². The molecule has 0 fully saturated rings. The van der Waals surface area contributed by atoms with Crippen LogP contribution in [-0.4, -0.2) is 12.1 Å². The quantitative estimate of drug-likeness (QED) is 0.394. The van der Waals surface area contributed by atoms with Crippen LogP contribution in [0.1, 0.15) is 0 Å². The van der Waals surface area contributed by atoms with Crippen LogP contribution in [0.4, 0.5) is 0 Å². The lowest BCUT2D eigenvalue weighted by molar-refractivity contribution is 0.622. The van der Waals surface area contributed by atoms with Crippen molar-refractivity contribution in [2.45, 2.75) is 0 Å². The van der Waals surface area contributed by atoms with Gasteiger partial charge in [-0.15, -0.1) is 0 Å². The summed E-state index contributed by atoms with van der Waals surface area (Å²) in [4.78, 5) is 0. The van der Waals surface area contributed by atoms with Crippen LogP contribution in [0.5, 0.6) is 0 Å². The molecule has 42 valence electrons. The maximum absolute atomic E-state index is 10.1. The van der Waals surface area contributed by atoms with Crippen molar-refractivity contribution >= 4 is 22.6 Å². The van der Waals surface area contributed by atoms with E-state index in [1.807, 2.05) is 22.6 Å². The average molecular weight is 213 g/mol. The summed E-state index contributed by atoms with van der Waals surface area (Å²) >= 11 is 1.85. The summed E-state index contributed by atoms with van der Waals surface area (Å²) in [6, 6.07) is 0. The number of nitrogens with zero attached hydrogens (tertiary/aromatic N) is 1. The Morgan fingerprint density at radius 2 is 2.43 bits per heavy atom. The van der Waals surface area contributed by atoms with E-state index in [0.29, 0.717) is 8.77 Å². The molecule has 0 bridgehead atoms. The second kappa shape index (κ2) is 3.09. The maximum Gasteiger partial charge on any atom is 0.0806 e. The number of rotatable bonds is 1. The molecular weight excluding hydrogens is 207 g/mol. The molecule has 0 aliphatic rings. The monoisotopic (exact) mass is 213 g/mol. The van der Waals surface area contributed by atoms with Crippen LogP contribution in [0.2, 0.25) is 0 Å². The molecule has 0 heterocycles. The largest absolute Gasteiger partial charge is 0.758 e. The van der Waals surface area contributed by atoms with Crippen molar-refractivity contribution in [1.82, 2.24) is 5.06 Å². The van der Waals surface area contributed by atoms with Gasteiger partial charge in [0, 0.05) is 6.20 Å². The molecule has 7 heavy (non-hydrogen) atoms. The smallest absolute Gasteiger partial charge is 0.0806 e. The minimum Gasteiger partial charge on any atom is -0.758 e. The molecule has 0 aromatic rings. The summed E-state index contributed by atoms with van der Waals surface area (Å²) < 4.78 is 0.498. The topological polar surface area (TPSA) is 52.3 Å². The highest BCUT2D eigenvalue weighted by Gasteiger charge is 1.79. The standard InChI is InChI=1S/C3H6IN2O/c1-6(7)3(4)2-5/h2H,5H2,1H3/q-1/b3-2+. The molecule has 0 unspecified atom stereocenters. The van der Waals surface area contributed by atoms with Crippen LogP contribution in [0.25, 0.3) is 0 Å². The van der Waals surface area contributed by atoms with Crippen molar-refractivity contribution in [2.75, 3.05) is 7.05 Å². The SMILES string of the molecule is CN([O-])/C(I)=C/N. The predicted octanol–water partition coefficient (Wildman–Crippen LogP) is 0.609. The van der Waals surface area contributed by atoms with Gasteiger partial charge in [-0.3, -0.25) is 0 Å². The Morgan fingerprint density at radius 3 is 2.43 bits per heavy atom. The van der Waals surface area contributed by atoms with Crippen LogP contribution in [0.15, 0.2) is 9.90 Å². The normalized spacial score (nSPS) is 11.6. The molecule has 0 aromatic carbocycles.